The van der Waals surface area contributed by atoms with E-state index in [1.165, 1.54) is 37.8 Å². The molecule has 3 fully saturated rings. The zero-order valence-corrected chi connectivity index (χ0v) is 20.0. The minimum Gasteiger partial charge on any atom is -0.371 e. The highest BCUT2D eigenvalue weighted by atomic mass is 16.1. The van der Waals surface area contributed by atoms with Crippen molar-refractivity contribution in [1.82, 2.24) is 20.2 Å². The van der Waals surface area contributed by atoms with Gasteiger partial charge in [0.2, 0.25) is 5.95 Å². The lowest BCUT2D eigenvalue weighted by molar-refractivity contribution is 0.354. The summed E-state index contributed by atoms with van der Waals surface area (Å²) in [6.07, 6.45) is 8.28. The van der Waals surface area contributed by atoms with Crippen LogP contribution >= 0.6 is 0 Å². The fraction of sp³-hybridized carbons (Fsp3) is 0.538. The third-order valence-corrected chi connectivity index (χ3v) is 7.93. The summed E-state index contributed by atoms with van der Waals surface area (Å²) in [4.78, 5) is 26.9. The summed E-state index contributed by atoms with van der Waals surface area (Å²) < 4.78 is 0. The number of piperidine rings is 2. The van der Waals surface area contributed by atoms with E-state index in [1.54, 1.807) is 6.20 Å². The van der Waals surface area contributed by atoms with E-state index in [0.29, 0.717) is 39.9 Å². The fourth-order valence-corrected chi connectivity index (χ4v) is 5.86. The summed E-state index contributed by atoms with van der Waals surface area (Å²) >= 11 is 0. The first-order valence-electron chi connectivity index (χ1n) is 12.6. The van der Waals surface area contributed by atoms with Crippen LogP contribution in [0.1, 0.15) is 46.0 Å². The Morgan fingerprint density at radius 3 is 2.35 bits per heavy atom. The van der Waals surface area contributed by atoms with Crippen LogP contribution in [-0.2, 0) is 0 Å². The van der Waals surface area contributed by atoms with Gasteiger partial charge in [-0.2, -0.15) is 10.1 Å². The van der Waals surface area contributed by atoms with Gasteiger partial charge in [0.05, 0.1) is 6.20 Å². The number of hydrogen-bond donors (Lipinski definition) is 2. The molecule has 2 aromatic heterocycles. The normalized spacial score (nSPS) is 23.9. The number of H-pyrrole nitrogens is 1. The molecule has 8 heteroatoms. The first-order chi connectivity index (χ1) is 16.5. The molecule has 3 aliphatic rings. The minimum atomic E-state index is -0.286. The molecule has 2 N–H and O–H groups in total. The summed E-state index contributed by atoms with van der Waals surface area (Å²) in [5, 5.41) is 10.3. The Morgan fingerprint density at radius 1 is 0.971 bits per heavy atom. The second-order valence-electron chi connectivity index (χ2n) is 10.8. The SMILES string of the molecule is CC1CC(C)CN(c2nc(Nc3ccc(N4CCC5(CC4)CC5)cc3)c3c(=O)[nH]ncc3n2)C1. The number of anilines is 4. The maximum Gasteiger partial charge on any atom is 0.277 e. The summed E-state index contributed by atoms with van der Waals surface area (Å²) in [6, 6.07) is 8.48. The Bertz CT molecular complexity index is 1230. The van der Waals surface area contributed by atoms with Crippen LogP contribution in [0.4, 0.5) is 23.1 Å². The molecule has 1 saturated carbocycles. The van der Waals surface area contributed by atoms with E-state index >= 15 is 0 Å². The van der Waals surface area contributed by atoms with Crippen LogP contribution in [0.25, 0.3) is 10.9 Å². The highest BCUT2D eigenvalue weighted by Gasteiger charge is 2.44. The van der Waals surface area contributed by atoms with Crippen molar-refractivity contribution >= 4 is 34.0 Å². The van der Waals surface area contributed by atoms with Crippen molar-refractivity contribution < 1.29 is 0 Å². The average Bonchev–Trinajstić information content (AvgIpc) is 3.58. The molecular formula is C26H33N7O. The topological polar surface area (TPSA) is 90.0 Å². The predicted molar refractivity (Wildman–Crippen MR) is 136 cm³/mol. The summed E-state index contributed by atoms with van der Waals surface area (Å²) in [5.41, 5.74) is 3.11. The molecule has 2 unspecified atom stereocenters. The smallest absolute Gasteiger partial charge is 0.277 e. The van der Waals surface area contributed by atoms with Crippen LogP contribution in [0, 0.1) is 17.3 Å². The number of rotatable bonds is 4. The minimum absolute atomic E-state index is 0.286. The first kappa shape index (κ1) is 21.4. The van der Waals surface area contributed by atoms with Crippen LogP contribution in [0.2, 0.25) is 0 Å². The predicted octanol–water partition coefficient (Wildman–Crippen LogP) is 4.32. The maximum atomic E-state index is 12.6. The Hall–Kier alpha value is -3.16. The third-order valence-electron chi connectivity index (χ3n) is 7.93. The number of fused-ring (bicyclic) bond motifs is 1. The van der Waals surface area contributed by atoms with Gasteiger partial charge in [0.1, 0.15) is 16.7 Å². The van der Waals surface area contributed by atoms with Crippen molar-refractivity contribution in [3.63, 3.8) is 0 Å². The molecule has 178 valence electrons. The molecule has 0 radical (unpaired) electrons. The summed E-state index contributed by atoms with van der Waals surface area (Å²) in [5.74, 6) is 2.33. The molecule has 1 spiro atoms. The number of benzene rings is 1. The van der Waals surface area contributed by atoms with Gasteiger partial charge in [-0.1, -0.05) is 13.8 Å². The van der Waals surface area contributed by atoms with Gasteiger partial charge in [0, 0.05) is 37.6 Å². The Morgan fingerprint density at radius 2 is 1.68 bits per heavy atom. The van der Waals surface area contributed by atoms with Gasteiger partial charge < -0.3 is 15.1 Å². The average molecular weight is 460 g/mol. The molecule has 2 atom stereocenters. The first-order valence-corrected chi connectivity index (χ1v) is 12.6. The highest BCUT2D eigenvalue weighted by molar-refractivity contribution is 5.90. The summed E-state index contributed by atoms with van der Waals surface area (Å²) in [7, 11) is 0. The van der Waals surface area contributed by atoms with Crippen molar-refractivity contribution in [2.75, 3.05) is 41.3 Å². The van der Waals surface area contributed by atoms with E-state index in [9.17, 15) is 4.79 Å². The van der Waals surface area contributed by atoms with Crippen molar-refractivity contribution in [1.29, 1.82) is 0 Å². The van der Waals surface area contributed by atoms with Crippen LogP contribution in [0.5, 0.6) is 0 Å². The van der Waals surface area contributed by atoms with Crippen molar-refractivity contribution in [3.8, 4) is 0 Å². The van der Waals surface area contributed by atoms with E-state index in [-0.39, 0.29) is 5.56 Å². The molecule has 1 aromatic carbocycles. The van der Waals surface area contributed by atoms with E-state index in [0.717, 1.165) is 31.9 Å². The molecular weight excluding hydrogens is 426 g/mol. The zero-order chi connectivity index (χ0) is 23.3. The van der Waals surface area contributed by atoms with Crippen LogP contribution in [0.3, 0.4) is 0 Å². The third kappa shape index (κ3) is 4.10. The fourth-order valence-electron chi connectivity index (χ4n) is 5.86. The van der Waals surface area contributed by atoms with Gasteiger partial charge in [-0.15, -0.1) is 0 Å². The van der Waals surface area contributed by atoms with Gasteiger partial charge in [-0.3, -0.25) is 4.79 Å². The molecule has 2 saturated heterocycles. The number of nitrogens with zero attached hydrogens (tertiary/aromatic N) is 5. The van der Waals surface area contributed by atoms with E-state index < -0.39 is 0 Å². The van der Waals surface area contributed by atoms with E-state index in [2.05, 4.69) is 63.4 Å². The van der Waals surface area contributed by atoms with Gasteiger partial charge in [-0.05, 0) is 73.6 Å². The Labute approximate surface area is 199 Å². The zero-order valence-electron chi connectivity index (χ0n) is 20.0. The van der Waals surface area contributed by atoms with Crippen molar-refractivity contribution in [2.45, 2.75) is 46.0 Å². The Kier molecular flexibility index (Phi) is 5.19. The summed E-state index contributed by atoms with van der Waals surface area (Å²) in [6.45, 7) is 8.64. The number of nitrogens with one attached hydrogen (secondary N) is 2. The van der Waals surface area contributed by atoms with Gasteiger partial charge >= 0.3 is 0 Å². The molecule has 0 bridgehead atoms. The number of aromatic nitrogens is 4. The van der Waals surface area contributed by atoms with Crippen LogP contribution < -0.4 is 20.7 Å². The van der Waals surface area contributed by atoms with E-state index in [1.807, 2.05) is 0 Å². The highest BCUT2D eigenvalue weighted by Crippen LogP contribution is 2.53. The van der Waals surface area contributed by atoms with Crippen LogP contribution in [0.15, 0.2) is 35.3 Å². The standard InChI is InChI=1S/C26H33N7O/c1-17-13-18(2)16-33(15-17)25-29-21-14-27-31-24(34)22(21)23(30-25)28-19-3-5-20(6-4-19)32-11-9-26(7-8-26)10-12-32/h3-6,14,17-18H,7-13,15-16H2,1-2H3,(H,31,34)(H,28,29,30). The molecule has 6 rings (SSSR count). The second-order valence-corrected chi connectivity index (χ2v) is 10.8. The molecule has 3 aromatic rings. The van der Waals surface area contributed by atoms with Gasteiger partial charge in [-0.25, -0.2) is 10.1 Å². The molecule has 8 nitrogen and oxygen atoms in total. The number of aromatic amines is 1. The van der Waals surface area contributed by atoms with Crippen molar-refractivity contribution in [3.05, 3.63) is 40.8 Å². The molecule has 34 heavy (non-hydrogen) atoms. The molecule has 0 amide bonds. The largest absolute Gasteiger partial charge is 0.371 e. The lowest BCUT2D eigenvalue weighted by atomic mass is 9.92. The molecule has 4 heterocycles. The Balaban J connectivity index is 1.28. The molecule has 1 aliphatic carbocycles. The van der Waals surface area contributed by atoms with Gasteiger partial charge in [0.15, 0.2) is 0 Å². The second kappa shape index (κ2) is 8.25. The monoisotopic (exact) mass is 459 g/mol. The van der Waals surface area contributed by atoms with E-state index in [4.69, 9.17) is 9.97 Å². The van der Waals surface area contributed by atoms with Crippen molar-refractivity contribution in [2.24, 2.45) is 17.3 Å². The maximum absolute atomic E-state index is 12.6. The quantitative estimate of drug-likeness (QED) is 0.600. The molecule has 2 aliphatic heterocycles. The van der Waals surface area contributed by atoms with Crippen LogP contribution in [-0.4, -0.2) is 46.3 Å². The van der Waals surface area contributed by atoms with Gasteiger partial charge in [0.25, 0.3) is 5.56 Å². The lowest BCUT2D eigenvalue weighted by Crippen LogP contribution is -2.39. The number of hydrogen-bond acceptors (Lipinski definition) is 7. The lowest BCUT2D eigenvalue weighted by Gasteiger charge is -2.35.